The molecule has 3 rings (SSSR count). The monoisotopic (exact) mass is 301 g/mol. The molecule has 0 saturated heterocycles. The number of aromatic amines is 1. The number of aryl methyl sites for hydroxylation is 1. The average molecular weight is 301 g/mol. The highest BCUT2D eigenvalue weighted by Crippen LogP contribution is 2.25. The highest BCUT2D eigenvalue weighted by atomic mass is 16.2. The van der Waals surface area contributed by atoms with E-state index in [1.807, 2.05) is 0 Å². The second-order valence-electron chi connectivity index (χ2n) is 5.79. The van der Waals surface area contributed by atoms with Crippen LogP contribution in [0.15, 0.2) is 33.9 Å². The third-order valence-corrected chi connectivity index (χ3v) is 4.26. The van der Waals surface area contributed by atoms with E-state index >= 15 is 0 Å². The molecule has 22 heavy (non-hydrogen) atoms. The van der Waals surface area contributed by atoms with Crippen molar-refractivity contribution >= 4 is 16.7 Å². The summed E-state index contributed by atoms with van der Waals surface area (Å²) >= 11 is 0. The van der Waals surface area contributed by atoms with E-state index in [9.17, 15) is 14.4 Å². The van der Waals surface area contributed by atoms with Crippen molar-refractivity contribution in [3.05, 3.63) is 45.0 Å². The van der Waals surface area contributed by atoms with Crippen LogP contribution < -0.4 is 16.4 Å². The molecular formula is C16H19N3O3. The van der Waals surface area contributed by atoms with Crippen LogP contribution in [0.25, 0.3) is 10.8 Å². The van der Waals surface area contributed by atoms with E-state index in [-0.39, 0.29) is 30.0 Å². The second-order valence-corrected chi connectivity index (χ2v) is 5.79. The van der Waals surface area contributed by atoms with Crippen LogP contribution in [-0.4, -0.2) is 22.2 Å². The molecule has 6 heteroatoms. The number of carbonyl (C=O) groups is 1. The largest absolute Gasteiger partial charge is 0.356 e. The fourth-order valence-electron chi connectivity index (χ4n) is 2.66. The van der Waals surface area contributed by atoms with Gasteiger partial charge in [-0.05, 0) is 30.9 Å². The molecule has 1 aliphatic rings. The molecule has 1 fully saturated rings. The first-order valence-corrected chi connectivity index (χ1v) is 7.64. The standard InChI is InChI=1S/C16H19N3O3/c20-14(17-10-11-4-3-5-11)8-9-19-16(22)13-7-2-1-6-12(13)15(21)18-19/h1-2,6-7,11H,3-5,8-10H2,(H,17,20)(H,18,21). The van der Waals surface area contributed by atoms with E-state index in [2.05, 4.69) is 10.4 Å². The van der Waals surface area contributed by atoms with Gasteiger partial charge in [0.05, 0.1) is 17.3 Å². The van der Waals surface area contributed by atoms with Gasteiger partial charge in [0.25, 0.3) is 11.1 Å². The molecule has 1 saturated carbocycles. The van der Waals surface area contributed by atoms with Crippen LogP contribution in [0.1, 0.15) is 25.7 Å². The van der Waals surface area contributed by atoms with Gasteiger partial charge in [-0.1, -0.05) is 18.6 Å². The Bertz CT molecular complexity index is 802. The number of aromatic nitrogens is 2. The molecule has 0 spiro atoms. The van der Waals surface area contributed by atoms with Crippen LogP contribution in [0, 0.1) is 5.92 Å². The maximum atomic E-state index is 12.3. The number of H-pyrrole nitrogens is 1. The minimum absolute atomic E-state index is 0.0900. The lowest BCUT2D eigenvalue weighted by atomic mass is 9.85. The number of fused-ring (bicyclic) bond motifs is 1. The summed E-state index contributed by atoms with van der Waals surface area (Å²) in [4.78, 5) is 36.0. The molecule has 0 aliphatic heterocycles. The molecule has 6 nitrogen and oxygen atoms in total. The van der Waals surface area contributed by atoms with Gasteiger partial charge in [-0.15, -0.1) is 0 Å². The summed E-state index contributed by atoms with van der Waals surface area (Å²) < 4.78 is 1.22. The lowest BCUT2D eigenvalue weighted by Crippen LogP contribution is -2.35. The SMILES string of the molecule is O=C(CCn1[nH]c(=O)c2ccccc2c1=O)NCC1CCC1. The predicted molar refractivity (Wildman–Crippen MR) is 83.8 cm³/mol. The summed E-state index contributed by atoms with van der Waals surface area (Å²) in [6.45, 7) is 0.886. The van der Waals surface area contributed by atoms with E-state index in [1.165, 1.54) is 23.9 Å². The van der Waals surface area contributed by atoms with Gasteiger partial charge in [0.15, 0.2) is 0 Å². The van der Waals surface area contributed by atoms with E-state index in [1.54, 1.807) is 24.3 Å². The third-order valence-electron chi connectivity index (χ3n) is 4.26. The highest BCUT2D eigenvalue weighted by molar-refractivity contribution is 5.80. The Hall–Kier alpha value is -2.37. The molecule has 1 amide bonds. The number of nitrogens with zero attached hydrogens (tertiary/aromatic N) is 1. The molecule has 2 N–H and O–H groups in total. The lowest BCUT2D eigenvalue weighted by Gasteiger charge is -2.25. The fourth-order valence-corrected chi connectivity index (χ4v) is 2.66. The summed E-state index contributed by atoms with van der Waals surface area (Å²) in [6.07, 6.45) is 3.78. The van der Waals surface area contributed by atoms with Crippen LogP contribution in [0.2, 0.25) is 0 Å². The lowest BCUT2D eigenvalue weighted by molar-refractivity contribution is -0.121. The number of hydrogen-bond acceptors (Lipinski definition) is 3. The Morgan fingerprint density at radius 3 is 2.64 bits per heavy atom. The van der Waals surface area contributed by atoms with E-state index in [0.29, 0.717) is 23.2 Å². The van der Waals surface area contributed by atoms with Crippen molar-refractivity contribution in [2.45, 2.75) is 32.2 Å². The zero-order valence-electron chi connectivity index (χ0n) is 12.3. The molecule has 2 aromatic rings. The topological polar surface area (TPSA) is 84.0 Å². The molecule has 0 unspecified atom stereocenters. The Kier molecular flexibility index (Phi) is 4.09. The number of nitrogens with one attached hydrogen (secondary N) is 2. The maximum absolute atomic E-state index is 12.3. The van der Waals surface area contributed by atoms with Gasteiger partial charge in [0, 0.05) is 13.0 Å². The molecule has 1 heterocycles. The van der Waals surface area contributed by atoms with Crippen molar-refractivity contribution < 1.29 is 4.79 Å². The molecule has 1 aliphatic carbocycles. The number of hydrogen-bond donors (Lipinski definition) is 2. The number of carbonyl (C=O) groups excluding carboxylic acids is 1. The first kappa shape index (κ1) is 14.6. The smallest absolute Gasteiger partial charge is 0.273 e. The van der Waals surface area contributed by atoms with E-state index < -0.39 is 0 Å². The van der Waals surface area contributed by atoms with Crippen LogP contribution in [0.4, 0.5) is 0 Å². The molecule has 116 valence electrons. The van der Waals surface area contributed by atoms with Gasteiger partial charge in [0.1, 0.15) is 0 Å². The summed E-state index contributed by atoms with van der Waals surface area (Å²) in [5, 5.41) is 6.16. The van der Waals surface area contributed by atoms with E-state index in [0.717, 1.165) is 0 Å². The van der Waals surface area contributed by atoms with Crippen molar-refractivity contribution in [3.63, 3.8) is 0 Å². The van der Waals surface area contributed by atoms with Crippen LogP contribution in [0.5, 0.6) is 0 Å². The minimum Gasteiger partial charge on any atom is -0.356 e. The third kappa shape index (κ3) is 2.95. The quantitative estimate of drug-likeness (QED) is 0.864. The molecule has 1 aromatic heterocycles. The molecular weight excluding hydrogens is 282 g/mol. The van der Waals surface area contributed by atoms with Crippen molar-refractivity contribution in [2.24, 2.45) is 5.92 Å². The first-order valence-electron chi connectivity index (χ1n) is 7.64. The molecule has 0 radical (unpaired) electrons. The zero-order chi connectivity index (χ0) is 15.5. The maximum Gasteiger partial charge on any atom is 0.273 e. The summed E-state index contributed by atoms with van der Waals surface area (Å²) in [5.74, 6) is 0.514. The Morgan fingerprint density at radius 1 is 1.23 bits per heavy atom. The zero-order valence-corrected chi connectivity index (χ0v) is 12.3. The number of rotatable bonds is 5. The van der Waals surface area contributed by atoms with E-state index in [4.69, 9.17) is 0 Å². The van der Waals surface area contributed by atoms with Crippen LogP contribution in [-0.2, 0) is 11.3 Å². The van der Waals surface area contributed by atoms with Gasteiger partial charge in [-0.25, -0.2) is 4.68 Å². The van der Waals surface area contributed by atoms with Gasteiger partial charge in [-0.2, -0.15) is 0 Å². The van der Waals surface area contributed by atoms with Crippen LogP contribution in [0.3, 0.4) is 0 Å². The van der Waals surface area contributed by atoms with Crippen molar-refractivity contribution in [1.29, 1.82) is 0 Å². The second kappa shape index (κ2) is 6.17. The van der Waals surface area contributed by atoms with Gasteiger partial charge >= 0.3 is 0 Å². The van der Waals surface area contributed by atoms with Gasteiger partial charge < -0.3 is 5.32 Å². The Labute approximate surface area is 127 Å². The normalized spacial score (nSPS) is 14.7. The van der Waals surface area contributed by atoms with Crippen LogP contribution >= 0.6 is 0 Å². The number of benzene rings is 1. The number of amides is 1. The molecule has 0 bridgehead atoms. The predicted octanol–water partition coefficient (Wildman–Crippen LogP) is 0.996. The van der Waals surface area contributed by atoms with Crippen molar-refractivity contribution in [1.82, 2.24) is 15.1 Å². The first-order chi connectivity index (χ1) is 10.6. The van der Waals surface area contributed by atoms with Gasteiger partial charge in [0.2, 0.25) is 5.91 Å². The molecule has 0 atom stereocenters. The summed E-state index contributed by atoms with van der Waals surface area (Å²) in [5.41, 5.74) is -0.591. The minimum atomic E-state index is -0.315. The van der Waals surface area contributed by atoms with Gasteiger partial charge in [-0.3, -0.25) is 19.5 Å². The average Bonchev–Trinajstić information content (AvgIpc) is 2.48. The Balaban J connectivity index is 1.68. The molecule has 1 aromatic carbocycles. The summed E-state index contributed by atoms with van der Waals surface area (Å²) in [7, 11) is 0. The van der Waals surface area contributed by atoms with Crippen molar-refractivity contribution in [2.75, 3.05) is 6.54 Å². The fraction of sp³-hybridized carbons (Fsp3) is 0.438. The summed E-state index contributed by atoms with van der Waals surface area (Å²) in [6, 6.07) is 6.68. The highest BCUT2D eigenvalue weighted by Gasteiger charge is 2.17. The van der Waals surface area contributed by atoms with Crippen molar-refractivity contribution in [3.8, 4) is 0 Å². The Morgan fingerprint density at radius 2 is 1.95 bits per heavy atom.